The summed E-state index contributed by atoms with van der Waals surface area (Å²) in [5, 5.41) is 0.760. The van der Waals surface area contributed by atoms with E-state index in [2.05, 4.69) is 11.9 Å². The van der Waals surface area contributed by atoms with Gasteiger partial charge in [-0.15, -0.1) is 0 Å². The van der Waals surface area contributed by atoms with E-state index in [-0.39, 0.29) is 23.9 Å². The average Bonchev–Trinajstić information content (AvgIpc) is 2.61. The zero-order valence-electron chi connectivity index (χ0n) is 13.3. The van der Waals surface area contributed by atoms with Crippen molar-refractivity contribution in [1.82, 2.24) is 4.98 Å². The van der Waals surface area contributed by atoms with Crippen molar-refractivity contribution in [2.45, 2.75) is 25.7 Å². The van der Waals surface area contributed by atoms with Crippen molar-refractivity contribution in [3.8, 4) is 5.75 Å². The van der Waals surface area contributed by atoms with Crippen LogP contribution in [0.25, 0.3) is 10.9 Å². The molecular formula is C20H17NO3. The lowest BCUT2D eigenvalue weighted by Crippen LogP contribution is -2.28. The Balaban J connectivity index is 1.94. The summed E-state index contributed by atoms with van der Waals surface area (Å²) in [6.45, 7) is 2.10. The van der Waals surface area contributed by atoms with Crippen LogP contribution >= 0.6 is 0 Å². The van der Waals surface area contributed by atoms with E-state index in [1.165, 1.54) is 5.56 Å². The van der Waals surface area contributed by atoms with Crippen LogP contribution in [0, 0.1) is 0 Å². The van der Waals surface area contributed by atoms with Crippen LogP contribution in [0.4, 0.5) is 0 Å². The summed E-state index contributed by atoms with van der Waals surface area (Å²) < 4.78 is 5.46. The standard InChI is InChI=1S/C20H17NO3/c1-2-12-7-9-13(10-8-12)15-11-17(22)24-19-14-5-3-4-6-16(14)21-20(23)18(15)19/h3-10,15H,2,11H2,1H3,(H,21,23). The molecule has 2 aromatic carbocycles. The number of H-pyrrole nitrogens is 1. The molecule has 4 rings (SSSR count). The molecule has 4 nitrogen and oxygen atoms in total. The second kappa shape index (κ2) is 5.64. The smallest absolute Gasteiger partial charge is 0.312 e. The van der Waals surface area contributed by atoms with E-state index in [0.717, 1.165) is 17.4 Å². The van der Waals surface area contributed by atoms with Crippen molar-refractivity contribution >= 4 is 16.9 Å². The van der Waals surface area contributed by atoms with Crippen LogP contribution < -0.4 is 10.3 Å². The summed E-state index contributed by atoms with van der Waals surface area (Å²) in [6, 6.07) is 15.5. The fourth-order valence-electron chi connectivity index (χ4n) is 3.35. The Morgan fingerprint density at radius 1 is 1.08 bits per heavy atom. The van der Waals surface area contributed by atoms with E-state index in [0.29, 0.717) is 16.8 Å². The average molecular weight is 319 g/mol. The van der Waals surface area contributed by atoms with E-state index in [4.69, 9.17) is 4.74 Å². The number of ether oxygens (including phenoxy) is 1. The number of aromatic amines is 1. The molecule has 3 aromatic rings. The number of carbonyl (C=O) groups is 1. The van der Waals surface area contributed by atoms with Gasteiger partial charge in [-0.1, -0.05) is 43.3 Å². The summed E-state index contributed by atoms with van der Waals surface area (Å²) in [5.74, 6) is -0.182. The molecule has 0 fully saturated rings. The first-order chi connectivity index (χ1) is 11.7. The second-order valence-corrected chi connectivity index (χ2v) is 6.07. The quantitative estimate of drug-likeness (QED) is 0.735. The van der Waals surface area contributed by atoms with Crippen molar-refractivity contribution in [2.24, 2.45) is 0 Å². The molecule has 1 aliphatic rings. The monoisotopic (exact) mass is 319 g/mol. The SMILES string of the molecule is CCc1ccc(C2CC(=O)Oc3c2c(=O)[nH]c2ccccc32)cc1. The molecule has 0 saturated heterocycles. The highest BCUT2D eigenvalue weighted by molar-refractivity contribution is 5.91. The van der Waals surface area contributed by atoms with E-state index in [9.17, 15) is 9.59 Å². The van der Waals surface area contributed by atoms with Gasteiger partial charge in [0.1, 0.15) is 5.75 Å². The van der Waals surface area contributed by atoms with Crippen LogP contribution in [0.5, 0.6) is 5.75 Å². The highest BCUT2D eigenvalue weighted by Gasteiger charge is 2.32. The molecule has 1 aromatic heterocycles. The minimum Gasteiger partial charge on any atom is -0.425 e. The largest absolute Gasteiger partial charge is 0.425 e. The van der Waals surface area contributed by atoms with Crippen LogP contribution in [0.15, 0.2) is 53.3 Å². The summed E-state index contributed by atoms with van der Waals surface area (Å²) in [6.07, 6.45) is 1.13. The van der Waals surface area contributed by atoms with Crippen molar-refractivity contribution in [3.63, 3.8) is 0 Å². The molecule has 120 valence electrons. The Morgan fingerprint density at radius 3 is 2.58 bits per heavy atom. The topological polar surface area (TPSA) is 59.2 Å². The van der Waals surface area contributed by atoms with Gasteiger partial charge in [-0.25, -0.2) is 0 Å². The van der Waals surface area contributed by atoms with Crippen molar-refractivity contribution < 1.29 is 9.53 Å². The number of fused-ring (bicyclic) bond motifs is 3. The first kappa shape index (κ1) is 14.7. The summed E-state index contributed by atoms with van der Waals surface area (Å²) in [4.78, 5) is 27.7. The molecule has 0 bridgehead atoms. The first-order valence-corrected chi connectivity index (χ1v) is 8.12. The lowest BCUT2D eigenvalue weighted by molar-refractivity contribution is -0.135. The molecule has 24 heavy (non-hydrogen) atoms. The second-order valence-electron chi connectivity index (χ2n) is 6.07. The molecule has 1 N–H and O–H groups in total. The van der Waals surface area contributed by atoms with Crippen molar-refractivity contribution in [3.05, 3.63) is 75.6 Å². The van der Waals surface area contributed by atoms with Gasteiger partial charge in [0.2, 0.25) is 0 Å². The van der Waals surface area contributed by atoms with E-state index < -0.39 is 0 Å². The zero-order valence-corrected chi connectivity index (χ0v) is 13.3. The molecule has 2 heterocycles. The van der Waals surface area contributed by atoms with Crippen LogP contribution in [0.1, 0.15) is 36.0 Å². The number of carbonyl (C=O) groups excluding carboxylic acids is 1. The molecule has 1 unspecified atom stereocenters. The third kappa shape index (κ3) is 2.31. The Hall–Kier alpha value is -2.88. The molecule has 1 atom stereocenters. The summed E-state index contributed by atoms with van der Waals surface area (Å²) >= 11 is 0. The Morgan fingerprint density at radius 2 is 1.83 bits per heavy atom. The minimum absolute atomic E-state index is 0.180. The van der Waals surface area contributed by atoms with Gasteiger partial charge in [-0.2, -0.15) is 0 Å². The number of hydrogen-bond donors (Lipinski definition) is 1. The number of aromatic nitrogens is 1. The van der Waals surface area contributed by atoms with E-state index in [1.54, 1.807) is 0 Å². The zero-order chi connectivity index (χ0) is 16.7. The van der Waals surface area contributed by atoms with Gasteiger partial charge in [-0.05, 0) is 29.7 Å². The predicted octanol–water partition coefficient (Wildman–Crippen LogP) is 3.53. The number of nitrogens with one attached hydrogen (secondary N) is 1. The molecule has 0 spiro atoms. The van der Waals surface area contributed by atoms with Crippen LogP contribution in [-0.2, 0) is 11.2 Å². The van der Waals surface area contributed by atoms with Gasteiger partial charge in [0.15, 0.2) is 0 Å². The fourth-order valence-corrected chi connectivity index (χ4v) is 3.35. The Bertz CT molecular complexity index is 986. The van der Waals surface area contributed by atoms with Gasteiger partial charge < -0.3 is 9.72 Å². The number of esters is 1. The number of benzene rings is 2. The van der Waals surface area contributed by atoms with Crippen LogP contribution in [-0.4, -0.2) is 11.0 Å². The maximum Gasteiger partial charge on any atom is 0.312 e. The Kier molecular flexibility index (Phi) is 3.45. The lowest BCUT2D eigenvalue weighted by Gasteiger charge is -2.25. The number of hydrogen-bond acceptors (Lipinski definition) is 3. The minimum atomic E-state index is -0.303. The first-order valence-electron chi connectivity index (χ1n) is 8.12. The third-order valence-corrected chi connectivity index (χ3v) is 4.63. The van der Waals surface area contributed by atoms with Gasteiger partial charge in [0.25, 0.3) is 5.56 Å². The van der Waals surface area contributed by atoms with Crippen LogP contribution in [0.3, 0.4) is 0 Å². The molecule has 4 heteroatoms. The summed E-state index contributed by atoms with van der Waals surface area (Å²) in [5.41, 5.74) is 3.21. The van der Waals surface area contributed by atoms with Gasteiger partial charge in [0.05, 0.1) is 17.5 Å². The van der Waals surface area contributed by atoms with Crippen LogP contribution in [0.2, 0.25) is 0 Å². The van der Waals surface area contributed by atoms with Gasteiger partial charge in [0, 0.05) is 11.3 Å². The summed E-state index contributed by atoms with van der Waals surface area (Å²) in [7, 11) is 0. The normalized spacial score (nSPS) is 16.7. The van der Waals surface area contributed by atoms with E-state index >= 15 is 0 Å². The molecule has 0 aliphatic carbocycles. The molecule has 0 radical (unpaired) electrons. The van der Waals surface area contributed by atoms with Gasteiger partial charge in [-0.3, -0.25) is 9.59 Å². The highest BCUT2D eigenvalue weighted by Crippen LogP contribution is 2.39. The van der Waals surface area contributed by atoms with Gasteiger partial charge >= 0.3 is 5.97 Å². The molecule has 0 saturated carbocycles. The molecule has 0 amide bonds. The fraction of sp³-hybridized carbons (Fsp3) is 0.200. The maximum absolute atomic E-state index is 12.6. The lowest BCUT2D eigenvalue weighted by atomic mass is 9.86. The van der Waals surface area contributed by atoms with Crippen molar-refractivity contribution in [1.29, 1.82) is 0 Å². The number of pyridine rings is 1. The number of aryl methyl sites for hydroxylation is 1. The molecule has 1 aliphatic heterocycles. The highest BCUT2D eigenvalue weighted by atomic mass is 16.5. The predicted molar refractivity (Wildman–Crippen MR) is 92.5 cm³/mol. The van der Waals surface area contributed by atoms with E-state index in [1.807, 2.05) is 48.5 Å². The molecular weight excluding hydrogens is 302 g/mol. The van der Waals surface area contributed by atoms with Crippen molar-refractivity contribution in [2.75, 3.05) is 0 Å². The number of para-hydroxylation sites is 1. The third-order valence-electron chi connectivity index (χ3n) is 4.63. The Labute approximate surface area is 139 Å². The maximum atomic E-state index is 12.6. The number of rotatable bonds is 2.